The monoisotopic (exact) mass is 217 g/mol. The number of hydrogen-bond acceptors (Lipinski definition) is 4. The lowest BCUT2D eigenvalue weighted by Crippen LogP contribution is -2.24. The molecule has 0 aromatic carbocycles. The maximum Gasteiger partial charge on any atom is 0.285 e. The summed E-state index contributed by atoms with van der Waals surface area (Å²) in [5.74, 6) is 0. The molecule has 0 bridgehead atoms. The van der Waals surface area contributed by atoms with Gasteiger partial charge in [-0.1, -0.05) is 18.5 Å². The second kappa shape index (κ2) is 4.97. The van der Waals surface area contributed by atoms with E-state index in [4.69, 9.17) is 16.7 Å². The third-order valence-electron chi connectivity index (χ3n) is 1.87. The predicted octanol–water partition coefficient (Wildman–Crippen LogP) is 0.606. The van der Waals surface area contributed by atoms with Crippen LogP contribution in [0.25, 0.3) is 0 Å². The highest BCUT2D eigenvalue weighted by molar-refractivity contribution is 6.32. The molecule has 0 aliphatic carbocycles. The number of H-pyrrole nitrogens is 1. The minimum absolute atomic E-state index is 0.0143. The van der Waals surface area contributed by atoms with Crippen LogP contribution in [0.4, 0.5) is 5.69 Å². The summed E-state index contributed by atoms with van der Waals surface area (Å²) in [6.07, 6.45) is 2.15. The third kappa shape index (κ3) is 2.46. The van der Waals surface area contributed by atoms with Gasteiger partial charge in [-0.15, -0.1) is 0 Å². The lowest BCUT2D eigenvalue weighted by atomic mass is 10.2. The van der Waals surface area contributed by atoms with E-state index in [1.165, 1.54) is 6.20 Å². The van der Waals surface area contributed by atoms with E-state index < -0.39 is 5.56 Å². The van der Waals surface area contributed by atoms with E-state index in [2.05, 4.69) is 15.5 Å². The van der Waals surface area contributed by atoms with E-state index in [9.17, 15) is 4.79 Å². The van der Waals surface area contributed by atoms with Crippen LogP contribution in [0.3, 0.4) is 0 Å². The zero-order valence-electron chi connectivity index (χ0n) is 7.75. The van der Waals surface area contributed by atoms with Gasteiger partial charge in [-0.05, 0) is 6.42 Å². The number of anilines is 1. The van der Waals surface area contributed by atoms with Crippen molar-refractivity contribution in [2.75, 3.05) is 11.9 Å². The van der Waals surface area contributed by atoms with Crippen LogP contribution in [0.2, 0.25) is 5.02 Å². The molecule has 0 saturated carbocycles. The quantitative estimate of drug-likeness (QED) is 0.691. The first-order chi connectivity index (χ1) is 6.69. The average molecular weight is 218 g/mol. The summed E-state index contributed by atoms with van der Waals surface area (Å²) < 4.78 is 0. The molecule has 78 valence electrons. The molecule has 1 unspecified atom stereocenters. The summed E-state index contributed by atoms with van der Waals surface area (Å²) >= 11 is 5.72. The van der Waals surface area contributed by atoms with Gasteiger partial charge in [-0.3, -0.25) is 4.79 Å². The van der Waals surface area contributed by atoms with E-state index in [1.807, 2.05) is 6.92 Å². The van der Waals surface area contributed by atoms with Crippen molar-refractivity contribution < 1.29 is 5.11 Å². The molecule has 1 atom stereocenters. The number of aliphatic hydroxyl groups excluding tert-OH is 1. The Bertz CT molecular complexity index is 349. The van der Waals surface area contributed by atoms with Crippen molar-refractivity contribution in [3.8, 4) is 0 Å². The molecule has 1 rings (SSSR count). The van der Waals surface area contributed by atoms with Gasteiger partial charge in [0.25, 0.3) is 5.56 Å². The third-order valence-corrected chi connectivity index (χ3v) is 2.24. The Hall–Kier alpha value is -1.07. The number of nitrogens with one attached hydrogen (secondary N) is 2. The van der Waals surface area contributed by atoms with E-state index in [0.29, 0.717) is 5.69 Å². The molecular formula is C8H12ClN3O2. The largest absolute Gasteiger partial charge is 0.394 e. The van der Waals surface area contributed by atoms with Crippen molar-refractivity contribution in [3.63, 3.8) is 0 Å². The van der Waals surface area contributed by atoms with Gasteiger partial charge >= 0.3 is 0 Å². The molecule has 0 aliphatic heterocycles. The number of rotatable bonds is 4. The molecule has 3 N–H and O–H groups in total. The Balaban J connectivity index is 2.86. The zero-order valence-corrected chi connectivity index (χ0v) is 8.51. The normalized spacial score (nSPS) is 12.5. The van der Waals surface area contributed by atoms with Crippen molar-refractivity contribution in [3.05, 3.63) is 21.6 Å². The van der Waals surface area contributed by atoms with Crippen molar-refractivity contribution >= 4 is 17.3 Å². The first-order valence-electron chi connectivity index (χ1n) is 4.29. The van der Waals surface area contributed by atoms with Crippen LogP contribution in [0, 0.1) is 0 Å². The first-order valence-corrected chi connectivity index (χ1v) is 4.67. The molecule has 1 aromatic heterocycles. The lowest BCUT2D eigenvalue weighted by molar-refractivity contribution is 0.272. The minimum atomic E-state index is -0.440. The molecule has 0 aliphatic rings. The Labute approximate surface area is 86.1 Å². The summed E-state index contributed by atoms with van der Waals surface area (Å²) in [5.41, 5.74) is 0.000719. The Morgan fingerprint density at radius 3 is 3.07 bits per heavy atom. The van der Waals surface area contributed by atoms with Crippen LogP contribution >= 0.6 is 11.6 Å². The number of aromatic nitrogens is 2. The standard InChI is InChI=1S/C8H12ClN3O2/c1-2-5(4-13)11-6-3-10-12-8(14)7(6)9/h3,5,13H,2,4H2,1H3,(H2,11,12,14). The van der Waals surface area contributed by atoms with E-state index in [1.54, 1.807) is 0 Å². The molecule has 0 fully saturated rings. The van der Waals surface area contributed by atoms with Crippen LogP contribution < -0.4 is 10.9 Å². The fraction of sp³-hybridized carbons (Fsp3) is 0.500. The van der Waals surface area contributed by atoms with E-state index >= 15 is 0 Å². The minimum Gasteiger partial charge on any atom is -0.394 e. The van der Waals surface area contributed by atoms with Gasteiger partial charge < -0.3 is 10.4 Å². The van der Waals surface area contributed by atoms with Gasteiger partial charge in [0.2, 0.25) is 0 Å². The number of halogens is 1. The van der Waals surface area contributed by atoms with Gasteiger partial charge in [0.05, 0.1) is 18.5 Å². The lowest BCUT2D eigenvalue weighted by Gasteiger charge is -2.15. The highest BCUT2D eigenvalue weighted by atomic mass is 35.5. The zero-order chi connectivity index (χ0) is 10.6. The van der Waals surface area contributed by atoms with Gasteiger partial charge in [-0.2, -0.15) is 5.10 Å². The summed E-state index contributed by atoms with van der Waals surface area (Å²) in [4.78, 5) is 11.0. The van der Waals surface area contributed by atoms with E-state index in [-0.39, 0.29) is 17.7 Å². The fourth-order valence-corrected chi connectivity index (χ4v) is 1.13. The summed E-state index contributed by atoms with van der Waals surface area (Å²) in [6, 6.07) is -0.115. The molecule has 14 heavy (non-hydrogen) atoms. The maximum atomic E-state index is 11.0. The highest BCUT2D eigenvalue weighted by Crippen LogP contribution is 2.15. The molecule has 0 radical (unpaired) electrons. The summed E-state index contributed by atoms with van der Waals surface area (Å²) in [5, 5.41) is 17.7. The van der Waals surface area contributed by atoms with E-state index in [0.717, 1.165) is 6.42 Å². The molecule has 0 amide bonds. The highest BCUT2D eigenvalue weighted by Gasteiger charge is 2.09. The van der Waals surface area contributed by atoms with Gasteiger partial charge in [0, 0.05) is 6.04 Å². The Kier molecular flexibility index (Phi) is 3.91. The number of aliphatic hydroxyl groups is 1. The van der Waals surface area contributed by atoms with Crippen LogP contribution in [-0.4, -0.2) is 28.0 Å². The maximum absolute atomic E-state index is 11.0. The number of aromatic amines is 1. The second-order valence-corrected chi connectivity index (χ2v) is 3.24. The predicted molar refractivity (Wildman–Crippen MR) is 54.7 cm³/mol. The summed E-state index contributed by atoms with van der Waals surface area (Å²) in [7, 11) is 0. The van der Waals surface area contributed by atoms with Crippen LogP contribution in [0.5, 0.6) is 0 Å². The summed E-state index contributed by atoms with van der Waals surface area (Å²) in [6.45, 7) is 1.90. The van der Waals surface area contributed by atoms with Crippen molar-refractivity contribution in [2.24, 2.45) is 0 Å². The van der Waals surface area contributed by atoms with Gasteiger partial charge in [0.15, 0.2) is 0 Å². The molecule has 5 nitrogen and oxygen atoms in total. The molecule has 0 spiro atoms. The van der Waals surface area contributed by atoms with Gasteiger partial charge in [0.1, 0.15) is 5.02 Å². The van der Waals surface area contributed by atoms with Crippen molar-refractivity contribution in [1.29, 1.82) is 0 Å². The topological polar surface area (TPSA) is 78.0 Å². The molecule has 1 heterocycles. The SMILES string of the molecule is CCC(CO)Nc1cn[nH]c(=O)c1Cl. The molecule has 0 saturated heterocycles. The second-order valence-electron chi connectivity index (χ2n) is 2.86. The van der Waals surface area contributed by atoms with Crippen LogP contribution in [0.15, 0.2) is 11.0 Å². The first kappa shape index (κ1) is 11.0. The average Bonchev–Trinajstić information content (AvgIpc) is 2.20. The Morgan fingerprint density at radius 2 is 2.50 bits per heavy atom. The molecular weight excluding hydrogens is 206 g/mol. The smallest absolute Gasteiger partial charge is 0.285 e. The number of nitrogens with zero attached hydrogens (tertiary/aromatic N) is 1. The van der Waals surface area contributed by atoms with Crippen molar-refractivity contribution in [1.82, 2.24) is 10.2 Å². The Morgan fingerprint density at radius 1 is 1.79 bits per heavy atom. The molecule has 6 heteroatoms. The molecule has 1 aromatic rings. The van der Waals surface area contributed by atoms with Gasteiger partial charge in [-0.25, -0.2) is 5.10 Å². The van der Waals surface area contributed by atoms with Crippen LogP contribution in [-0.2, 0) is 0 Å². The van der Waals surface area contributed by atoms with Crippen molar-refractivity contribution in [2.45, 2.75) is 19.4 Å². The fourth-order valence-electron chi connectivity index (χ4n) is 0.981. The van der Waals surface area contributed by atoms with Crippen LogP contribution in [0.1, 0.15) is 13.3 Å². The number of hydrogen-bond donors (Lipinski definition) is 3.